The minimum absolute atomic E-state index is 0.390. The van der Waals surface area contributed by atoms with E-state index in [4.69, 9.17) is 0 Å². The lowest BCUT2D eigenvalue weighted by Crippen LogP contribution is -2.53. The molecule has 0 aromatic heterocycles. The van der Waals surface area contributed by atoms with Gasteiger partial charge in [-0.1, -0.05) is 97.8 Å². The van der Waals surface area contributed by atoms with Gasteiger partial charge >= 0.3 is 31.1 Å². The summed E-state index contributed by atoms with van der Waals surface area (Å²) in [6.07, 6.45) is 16.0. The van der Waals surface area contributed by atoms with E-state index in [2.05, 4.69) is 20.8 Å². The van der Waals surface area contributed by atoms with Crippen LogP contribution in [0.5, 0.6) is 0 Å². The van der Waals surface area contributed by atoms with Gasteiger partial charge in [0, 0.05) is 7.26 Å². The Morgan fingerprint density at radius 1 is 0.512 bits per heavy atom. The summed E-state index contributed by atoms with van der Waals surface area (Å²) in [5, 5.41) is 0. The van der Waals surface area contributed by atoms with Crippen LogP contribution in [0, 0.1) is 0 Å². The van der Waals surface area contributed by atoms with Crippen molar-refractivity contribution in [3.63, 3.8) is 0 Å². The highest BCUT2D eigenvalue weighted by Gasteiger charge is 2.64. The number of sulfonamides is 2. The van der Waals surface area contributed by atoms with Crippen molar-refractivity contribution >= 4 is 33.2 Å². The van der Waals surface area contributed by atoms with Crippen molar-refractivity contribution in [3.8, 4) is 0 Å². The fourth-order valence-corrected chi connectivity index (χ4v) is 12.5. The highest BCUT2D eigenvalue weighted by molar-refractivity contribution is 8.05. The topological polar surface area (TPSA) is 88.6 Å². The summed E-state index contributed by atoms with van der Waals surface area (Å²) in [4.78, 5) is 13.3. The van der Waals surface area contributed by atoms with Crippen LogP contribution in [-0.4, -0.2) is 62.1 Å². The highest BCUT2D eigenvalue weighted by atomic mass is 32.3. The molecule has 258 valence electrons. The molecule has 0 radical (unpaired) electrons. The molecule has 0 atom stereocenters. The lowest BCUT2D eigenvalue weighted by Gasteiger charge is -2.30. The Balaban J connectivity index is 6.43. The minimum Gasteiger partial charge on any atom is -0.268 e. The Bertz CT molecular complexity index is 904. The van der Waals surface area contributed by atoms with Crippen LogP contribution in [0.25, 0.3) is 0 Å². The van der Waals surface area contributed by atoms with Gasteiger partial charge in [-0.15, -0.1) is 3.71 Å². The summed E-state index contributed by atoms with van der Waals surface area (Å²) in [6.45, 7) is 6.16. The van der Waals surface area contributed by atoms with Gasteiger partial charge in [-0.2, -0.15) is 43.2 Å². The zero-order valence-corrected chi connectivity index (χ0v) is 28.6. The number of rotatable bonds is 25. The molecule has 15 heteroatoms. The van der Waals surface area contributed by atoms with E-state index in [0.29, 0.717) is 37.7 Å². The molecular formula is C28H53F6NO5PS2+. The van der Waals surface area contributed by atoms with Crippen LogP contribution in [-0.2, 0) is 24.8 Å². The van der Waals surface area contributed by atoms with Gasteiger partial charge in [0.1, 0.15) is 6.16 Å². The molecule has 0 N–H and O–H groups in total. The molecule has 0 bridgehead atoms. The predicted molar refractivity (Wildman–Crippen MR) is 163 cm³/mol. The van der Waals surface area contributed by atoms with Crippen molar-refractivity contribution in [1.82, 2.24) is 3.71 Å². The molecule has 0 aromatic rings. The lowest BCUT2D eigenvalue weighted by molar-refractivity contribution is -0.123. The number of carbonyl (C=O) groups excluding carboxylic acids is 1. The van der Waals surface area contributed by atoms with Crippen molar-refractivity contribution in [2.24, 2.45) is 0 Å². The van der Waals surface area contributed by atoms with Gasteiger partial charge in [-0.3, -0.25) is 4.79 Å². The second-order valence-corrected chi connectivity index (χ2v) is 19.6. The molecule has 6 nitrogen and oxygen atoms in total. The SMILES string of the molecule is CCCCCCCC[P+](CCCCCCCC)(CCCCCCCC)CC(=O)N(S(=O)(=O)C(F)(F)F)S(=O)(=O)C(F)(F)F. The van der Waals surface area contributed by atoms with Crippen LogP contribution in [0.15, 0.2) is 0 Å². The molecular weight excluding hydrogens is 639 g/mol. The van der Waals surface area contributed by atoms with Gasteiger partial charge in [-0.25, -0.2) is 0 Å². The number of alkyl halides is 6. The Morgan fingerprint density at radius 2 is 0.767 bits per heavy atom. The third-order valence-corrected chi connectivity index (χ3v) is 16.0. The van der Waals surface area contributed by atoms with Crippen LogP contribution in [0.3, 0.4) is 0 Å². The number of hydrogen-bond acceptors (Lipinski definition) is 5. The lowest BCUT2D eigenvalue weighted by atomic mass is 10.1. The number of nitrogens with zero attached hydrogens (tertiary/aromatic N) is 1. The quantitative estimate of drug-likeness (QED) is 0.0540. The first kappa shape index (κ1) is 42.4. The summed E-state index contributed by atoms with van der Waals surface area (Å²) in [5.41, 5.74) is -12.8. The molecule has 1 amide bonds. The van der Waals surface area contributed by atoms with Crippen molar-refractivity contribution in [3.05, 3.63) is 0 Å². The summed E-state index contributed by atoms with van der Waals surface area (Å²) in [6, 6.07) is 0. The molecule has 0 aromatic carbocycles. The van der Waals surface area contributed by atoms with Gasteiger partial charge in [-0.05, 0) is 38.5 Å². The maximum absolute atomic E-state index is 13.4. The van der Waals surface area contributed by atoms with Crippen LogP contribution in [0.4, 0.5) is 26.3 Å². The van der Waals surface area contributed by atoms with E-state index < -0.39 is 54.1 Å². The monoisotopic (exact) mass is 692 g/mol. The fraction of sp³-hybridized carbons (Fsp3) is 0.964. The summed E-state index contributed by atoms with van der Waals surface area (Å²) < 4.78 is 127. The molecule has 0 aliphatic rings. The molecule has 0 rings (SSSR count). The molecule has 43 heavy (non-hydrogen) atoms. The molecule has 0 saturated carbocycles. The van der Waals surface area contributed by atoms with Crippen LogP contribution >= 0.6 is 7.26 Å². The van der Waals surface area contributed by atoms with Crippen molar-refractivity contribution in [2.75, 3.05) is 24.6 Å². The van der Waals surface area contributed by atoms with Gasteiger partial charge in [0.15, 0.2) is 0 Å². The number of carbonyl (C=O) groups is 1. The van der Waals surface area contributed by atoms with E-state index in [0.717, 1.165) is 96.3 Å². The number of amides is 1. The minimum atomic E-state index is -7.16. The standard InChI is InChI=1S/C28H53F6NO5PS2/c1-4-7-10-13-16-19-22-41(23-20-17-14-11-8-5-2,24-21-18-15-12-9-6-3)25-26(36)35(42(37,38)27(29,30)31)43(39,40)28(32,33)34/h4-25H2,1-3H3/q+1. The van der Waals surface area contributed by atoms with Gasteiger partial charge in [0.2, 0.25) is 0 Å². The predicted octanol–water partition coefficient (Wildman–Crippen LogP) is 9.61. The number of unbranched alkanes of at least 4 members (excludes halogenated alkanes) is 15. The van der Waals surface area contributed by atoms with E-state index in [-0.39, 0.29) is 0 Å². The molecule has 0 aliphatic carbocycles. The van der Waals surface area contributed by atoms with E-state index >= 15 is 0 Å². The first-order valence-electron chi connectivity index (χ1n) is 15.7. The normalized spacial score (nSPS) is 13.4. The third-order valence-electron chi connectivity index (χ3n) is 7.65. The maximum Gasteiger partial charge on any atom is 0.517 e. The Labute approximate surface area is 256 Å². The average molecular weight is 693 g/mol. The van der Waals surface area contributed by atoms with Crippen LogP contribution in [0.1, 0.15) is 136 Å². The number of halogens is 6. The molecule has 0 aliphatic heterocycles. The molecule has 0 unspecified atom stereocenters. The first-order valence-corrected chi connectivity index (χ1v) is 21.2. The van der Waals surface area contributed by atoms with E-state index in [1.54, 1.807) is 0 Å². The zero-order valence-electron chi connectivity index (χ0n) is 26.1. The largest absolute Gasteiger partial charge is 0.517 e. The zero-order chi connectivity index (χ0) is 33.2. The van der Waals surface area contributed by atoms with Crippen molar-refractivity contribution in [2.45, 2.75) is 147 Å². The van der Waals surface area contributed by atoms with Crippen LogP contribution < -0.4 is 0 Å². The second-order valence-electron chi connectivity index (χ2n) is 11.5. The van der Waals surface area contributed by atoms with E-state index in [9.17, 15) is 48.0 Å². The van der Waals surface area contributed by atoms with E-state index in [1.165, 1.54) is 0 Å². The molecule has 0 saturated heterocycles. The van der Waals surface area contributed by atoms with Crippen LogP contribution in [0.2, 0.25) is 0 Å². The highest BCUT2D eigenvalue weighted by Crippen LogP contribution is 2.61. The maximum atomic E-state index is 13.4. The van der Waals surface area contributed by atoms with Crippen molar-refractivity contribution < 1.29 is 48.0 Å². The third kappa shape index (κ3) is 15.0. The van der Waals surface area contributed by atoms with Gasteiger partial charge in [0.05, 0.1) is 18.5 Å². The fourth-order valence-electron chi connectivity index (χ4n) is 5.19. The van der Waals surface area contributed by atoms with Crippen molar-refractivity contribution in [1.29, 1.82) is 0 Å². The number of hydrogen-bond donors (Lipinski definition) is 0. The Hall–Kier alpha value is -0.620. The van der Waals surface area contributed by atoms with E-state index in [1.807, 2.05) is 0 Å². The average Bonchev–Trinajstić information content (AvgIpc) is 2.88. The second kappa shape index (κ2) is 20.5. The summed E-state index contributed by atoms with van der Waals surface area (Å²) in [5.74, 6) is -2.16. The summed E-state index contributed by atoms with van der Waals surface area (Å²) in [7, 11) is -17.0. The Morgan fingerprint density at radius 3 is 1.02 bits per heavy atom. The van der Waals surface area contributed by atoms with Gasteiger partial charge in [0.25, 0.3) is 5.91 Å². The smallest absolute Gasteiger partial charge is 0.268 e. The molecule has 0 fully saturated rings. The molecule has 0 spiro atoms. The summed E-state index contributed by atoms with van der Waals surface area (Å²) >= 11 is 0. The molecule has 0 heterocycles. The first-order chi connectivity index (χ1) is 19.9. The van der Waals surface area contributed by atoms with Gasteiger partial charge < -0.3 is 0 Å². The Kier molecular flexibility index (Phi) is 20.2.